The predicted octanol–water partition coefficient (Wildman–Crippen LogP) is 5.15. The SMILES string of the molecule is CC(C)COc1ccc(C2=C(Cl)C(=O)N(C3CCCCCCC3)C2=O)cc1. The monoisotopic (exact) mass is 389 g/mol. The van der Waals surface area contributed by atoms with E-state index in [0.29, 0.717) is 23.7 Å². The van der Waals surface area contributed by atoms with Gasteiger partial charge in [0, 0.05) is 6.04 Å². The van der Waals surface area contributed by atoms with Gasteiger partial charge in [0.15, 0.2) is 0 Å². The topological polar surface area (TPSA) is 46.6 Å². The number of halogens is 1. The summed E-state index contributed by atoms with van der Waals surface area (Å²) in [5.41, 5.74) is 0.989. The van der Waals surface area contributed by atoms with E-state index in [-0.39, 0.29) is 22.9 Å². The number of hydrogen-bond acceptors (Lipinski definition) is 3. The highest BCUT2D eigenvalue weighted by Gasteiger charge is 2.41. The zero-order valence-electron chi connectivity index (χ0n) is 16.2. The molecule has 1 aromatic carbocycles. The van der Waals surface area contributed by atoms with E-state index in [0.717, 1.165) is 31.4 Å². The third-order valence-electron chi connectivity index (χ3n) is 5.22. The van der Waals surface area contributed by atoms with Crippen LogP contribution in [0.25, 0.3) is 5.57 Å². The number of carbonyl (C=O) groups excluding carboxylic acids is 2. The fraction of sp³-hybridized carbons (Fsp3) is 0.545. The second-order valence-electron chi connectivity index (χ2n) is 7.90. The Morgan fingerprint density at radius 1 is 1.00 bits per heavy atom. The predicted molar refractivity (Wildman–Crippen MR) is 108 cm³/mol. The van der Waals surface area contributed by atoms with Crippen molar-refractivity contribution in [3.05, 3.63) is 34.9 Å². The molecule has 0 unspecified atom stereocenters. The first-order valence-corrected chi connectivity index (χ1v) is 10.4. The number of imide groups is 1. The van der Waals surface area contributed by atoms with Crippen LogP contribution in [-0.2, 0) is 9.59 Å². The quantitative estimate of drug-likeness (QED) is 0.654. The highest BCUT2D eigenvalue weighted by atomic mass is 35.5. The number of nitrogens with zero attached hydrogens (tertiary/aromatic N) is 1. The first-order chi connectivity index (χ1) is 13.0. The maximum Gasteiger partial charge on any atom is 0.273 e. The number of hydrogen-bond donors (Lipinski definition) is 0. The summed E-state index contributed by atoms with van der Waals surface area (Å²) in [6.45, 7) is 4.81. The van der Waals surface area contributed by atoms with Gasteiger partial charge >= 0.3 is 0 Å². The van der Waals surface area contributed by atoms with Crippen molar-refractivity contribution in [3.63, 3.8) is 0 Å². The molecule has 27 heavy (non-hydrogen) atoms. The first-order valence-electron chi connectivity index (χ1n) is 10.00. The van der Waals surface area contributed by atoms with Crippen molar-refractivity contribution < 1.29 is 14.3 Å². The summed E-state index contributed by atoms with van der Waals surface area (Å²) < 4.78 is 5.69. The summed E-state index contributed by atoms with van der Waals surface area (Å²) >= 11 is 6.32. The van der Waals surface area contributed by atoms with Crippen molar-refractivity contribution in [2.75, 3.05) is 6.61 Å². The second-order valence-corrected chi connectivity index (χ2v) is 8.28. The third kappa shape index (κ3) is 4.55. The molecule has 0 spiro atoms. The molecule has 0 aromatic heterocycles. The lowest BCUT2D eigenvalue weighted by Crippen LogP contribution is -2.41. The molecule has 3 rings (SSSR count). The van der Waals surface area contributed by atoms with Crippen LogP contribution in [0.3, 0.4) is 0 Å². The summed E-state index contributed by atoms with van der Waals surface area (Å²) in [7, 11) is 0. The number of ether oxygens (including phenoxy) is 1. The maximum absolute atomic E-state index is 13.1. The molecule has 0 atom stereocenters. The third-order valence-corrected chi connectivity index (χ3v) is 5.58. The van der Waals surface area contributed by atoms with E-state index in [9.17, 15) is 9.59 Å². The van der Waals surface area contributed by atoms with Crippen molar-refractivity contribution in [2.24, 2.45) is 5.92 Å². The molecule has 0 bridgehead atoms. The van der Waals surface area contributed by atoms with Crippen molar-refractivity contribution >= 4 is 29.0 Å². The Kier molecular flexibility index (Phi) is 6.59. The summed E-state index contributed by atoms with van der Waals surface area (Å²) in [6.07, 6.45) is 7.42. The fourth-order valence-electron chi connectivity index (χ4n) is 3.77. The molecule has 4 nitrogen and oxygen atoms in total. The Hall–Kier alpha value is -1.81. The lowest BCUT2D eigenvalue weighted by molar-refractivity contribution is -0.139. The minimum absolute atomic E-state index is 0.0369. The van der Waals surface area contributed by atoms with E-state index in [2.05, 4.69) is 13.8 Å². The van der Waals surface area contributed by atoms with Gasteiger partial charge in [-0.3, -0.25) is 14.5 Å². The molecule has 1 heterocycles. The van der Waals surface area contributed by atoms with Gasteiger partial charge in [0.2, 0.25) is 0 Å². The van der Waals surface area contributed by atoms with E-state index in [4.69, 9.17) is 16.3 Å². The molecule has 0 N–H and O–H groups in total. The summed E-state index contributed by atoms with van der Waals surface area (Å²) in [4.78, 5) is 27.2. The Labute approximate surface area is 166 Å². The number of rotatable bonds is 5. The molecule has 0 radical (unpaired) electrons. The van der Waals surface area contributed by atoms with Gasteiger partial charge in [-0.1, -0.05) is 69.7 Å². The van der Waals surface area contributed by atoms with Crippen LogP contribution in [-0.4, -0.2) is 29.4 Å². The Bertz CT molecular complexity index is 716. The summed E-state index contributed by atoms with van der Waals surface area (Å²) in [6, 6.07) is 7.22. The molecule has 146 valence electrons. The van der Waals surface area contributed by atoms with E-state index >= 15 is 0 Å². The standard InChI is InChI=1S/C22H28ClNO3/c1-15(2)14-27-18-12-10-16(11-13-18)19-20(23)22(26)24(21(19)25)17-8-6-4-3-5-7-9-17/h10-13,15,17H,3-9,14H2,1-2H3. The van der Waals surface area contributed by atoms with E-state index in [1.807, 2.05) is 12.1 Å². The van der Waals surface area contributed by atoms with Crippen LogP contribution in [0, 0.1) is 5.92 Å². The zero-order chi connectivity index (χ0) is 19.4. The normalized spacial score (nSPS) is 19.6. The molecule has 0 saturated heterocycles. The minimum Gasteiger partial charge on any atom is -0.493 e. The van der Waals surface area contributed by atoms with E-state index < -0.39 is 0 Å². The molecule has 5 heteroatoms. The van der Waals surface area contributed by atoms with Crippen molar-refractivity contribution in [2.45, 2.75) is 64.8 Å². The summed E-state index contributed by atoms with van der Waals surface area (Å²) in [5.74, 6) is 0.583. The van der Waals surface area contributed by atoms with Gasteiger partial charge in [-0.05, 0) is 36.5 Å². The van der Waals surface area contributed by atoms with Crippen LogP contribution in [0.15, 0.2) is 29.3 Å². The average Bonchev–Trinajstić information content (AvgIpc) is 2.83. The molecule has 2 amide bonds. The van der Waals surface area contributed by atoms with Crippen LogP contribution in [0.4, 0.5) is 0 Å². The molecular formula is C22H28ClNO3. The fourth-order valence-corrected chi connectivity index (χ4v) is 4.06. The van der Waals surface area contributed by atoms with Gasteiger partial charge in [0.05, 0.1) is 12.2 Å². The second kappa shape index (κ2) is 8.92. The van der Waals surface area contributed by atoms with Crippen LogP contribution >= 0.6 is 11.6 Å². The molecule has 1 aliphatic heterocycles. The van der Waals surface area contributed by atoms with Gasteiger partial charge in [0.25, 0.3) is 11.8 Å². The van der Waals surface area contributed by atoms with Gasteiger partial charge in [-0.2, -0.15) is 0 Å². The van der Waals surface area contributed by atoms with E-state index in [1.165, 1.54) is 24.2 Å². The van der Waals surface area contributed by atoms with Gasteiger partial charge in [-0.25, -0.2) is 0 Å². The Morgan fingerprint density at radius 2 is 1.59 bits per heavy atom. The zero-order valence-corrected chi connectivity index (χ0v) is 16.9. The molecular weight excluding hydrogens is 362 g/mol. The van der Waals surface area contributed by atoms with Crippen molar-refractivity contribution in [1.82, 2.24) is 4.90 Å². The Balaban J connectivity index is 1.77. The molecule has 1 saturated carbocycles. The molecule has 2 aliphatic rings. The van der Waals surface area contributed by atoms with Gasteiger partial charge in [-0.15, -0.1) is 0 Å². The lowest BCUT2D eigenvalue weighted by Gasteiger charge is -2.28. The summed E-state index contributed by atoms with van der Waals surface area (Å²) in [5, 5.41) is 0.0397. The number of benzene rings is 1. The van der Waals surface area contributed by atoms with E-state index in [1.54, 1.807) is 12.1 Å². The highest BCUT2D eigenvalue weighted by Crippen LogP contribution is 2.36. The van der Waals surface area contributed by atoms with Gasteiger partial charge < -0.3 is 4.74 Å². The largest absolute Gasteiger partial charge is 0.493 e. The van der Waals surface area contributed by atoms with Crippen LogP contribution in [0.1, 0.15) is 64.4 Å². The van der Waals surface area contributed by atoms with Crippen molar-refractivity contribution in [3.8, 4) is 5.75 Å². The van der Waals surface area contributed by atoms with Crippen LogP contribution in [0.2, 0.25) is 0 Å². The Morgan fingerprint density at radius 3 is 2.19 bits per heavy atom. The smallest absolute Gasteiger partial charge is 0.273 e. The lowest BCUT2D eigenvalue weighted by atomic mass is 9.95. The molecule has 1 aromatic rings. The number of carbonyl (C=O) groups is 2. The highest BCUT2D eigenvalue weighted by molar-refractivity contribution is 6.55. The van der Waals surface area contributed by atoms with Crippen LogP contribution in [0.5, 0.6) is 5.75 Å². The van der Waals surface area contributed by atoms with Gasteiger partial charge in [0.1, 0.15) is 10.8 Å². The van der Waals surface area contributed by atoms with Crippen LogP contribution < -0.4 is 4.74 Å². The first kappa shape index (κ1) is 19.9. The molecule has 1 aliphatic carbocycles. The molecule has 1 fully saturated rings. The van der Waals surface area contributed by atoms with Crippen molar-refractivity contribution in [1.29, 1.82) is 0 Å². The number of amides is 2. The maximum atomic E-state index is 13.1. The average molecular weight is 390 g/mol. The minimum atomic E-state index is -0.345.